The van der Waals surface area contributed by atoms with E-state index in [0.717, 1.165) is 62.9 Å². The van der Waals surface area contributed by atoms with Gasteiger partial charge in [0.25, 0.3) is 0 Å². The lowest BCUT2D eigenvalue weighted by atomic mass is 9.74. The molecule has 2 amide bonds. The van der Waals surface area contributed by atoms with Gasteiger partial charge >= 0.3 is 0 Å². The molecule has 3 aliphatic rings. The summed E-state index contributed by atoms with van der Waals surface area (Å²) >= 11 is 0. The standard InChI is InChI=1S/C19H28N4O2/c1-12(2)18(25)23-10-19(11-23)8-4-7-16(19)21-17(24)13-5-3-6-15-14(13)9-20-22-15/h9,12-13,16H,3-8,10-11H2,1-2H3,(H,20,22)(H,21,24). The molecule has 2 heterocycles. The van der Waals surface area contributed by atoms with Crippen LogP contribution in [-0.4, -0.2) is 46.0 Å². The molecule has 25 heavy (non-hydrogen) atoms. The van der Waals surface area contributed by atoms with Crippen molar-refractivity contribution < 1.29 is 9.59 Å². The Morgan fingerprint density at radius 1 is 1.32 bits per heavy atom. The molecule has 2 N–H and O–H groups in total. The molecule has 1 aromatic rings. The van der Waals surface area contributed by atoms with Gasteiger partial charge in [0.05, 0.1) is 12.1 Å². The summed E-state index contributed by atoms with van der Waals surface area (Å²) in [6.07, 6.45) is 8.00. The predicted molar refractivity (Wildman–Crippen MR) is 93.9 cm³/mol. The number of aromatic nitrogens is 2. The highest BCUT2D eigenvalue weighted by atomic mass is 16.2. The maximum absolute atomic E-state index is 12.9. The van der Waals surface area contributed by atoms with E-state index in [-0.39, 0.29) is 35.1 Å². The van der Waals surface area contributed by atoms with E-state index in [4.69, 9.17) is 0 Å². The number of carbonyl (C=O) groups is 2. The SMILES string of the molecule is CC(C)C(=O)N1CC2(CCCC2NC(=O)C2CCCc3[nH]ncc32)C1. The Morgan fingerprint density at radius 2 is 2.12 bits per heavy atom. The highest BCUT2D eigenvalue weighted by Gasteiger charge is 2.53. The molecule has 1 spiro atoms. The average Bonchev–Trinajstić information content (AvgIpc) is 3.18. The summed E-state index contributed by atoms with van der Waals surface area (Å²) in [6.45, 7) is 5.51. The minimum Gasteiger partial charge on any atom is -0.352 e. The lowest BCUT2D eigenvalue weighted by Gasteiger charge is -2.52. The second-order valence-electron chi connectivity index (χ2n) is 8.41. The van der Waals surface area contributed by atoms with Gasteiger partial charge in [-0.2, -0.15) is 5.10 Å². The molecular weight excluding hydrogens is 316 g/mol. The highest BCUT2D eigenvalue weighted by molar-refractivity contribution is 5.84. The number of aromatic amines is 1. The average molecular weight is 344 g/mol. The molecule has 6 nitrogen and oxygen atoms in total. The van der Waals surface area contributed by atoms with E-state index >= 15 is 0 Å². The third kappa shape index (κ3) is 2.75. The van der Waals surface area contributed by atoms with E-state index in [2.05, 4.69) is 15.5 Å². The van der Waals surface area contributed by atoms with Gasteiger partial charge in [0.15, 0.2) is 0 Å². The van der Waals surface area contributed by atoms with Gasteiger partial charge in [0.1, 0.15) is 0 Å². The molecule has 0 radical (unpaired) electrons. The number of hydrogen-bond donors (Lipinski definition) is 2. The number of nitrogens with zero attached hydrogens (tertiary/aromatic N) is 2. The number of hydrogen-bond acceptors (Lipinski definition) is 3. The van der Waals surface area contributed by atoms with Gasteiger partial charge in [-0.05, 0) is 32.1 Å². The van der Waals surface area contributed by atoms with Gasteiger partial charge in [-0.25, -0.2) is 0 Å². The first-order valence-electron chi connectivity index (χ1n) is 9.61. The fraction of sp³-hybridized carbons (Fsp3) is 0.737. The summed E-state index contributed by atoms with van der Waals surface area (Å²) in [5, 5.41) is 10.5. The molecule has 0 aromatic carbocycles. The van der Waals surface area contributed by atoms with E-state index < -0.39 is 0 Å². The van der Waals surface area contributed by atoms with Crippen LogP contribution in [0.15, 0.2) is 6.20 Å². The second kappa shape index (κ2) is 6.15. The second-order valence-corrected chi connectivity index (χ2v) is 8.41. The van der Waals surface area contributed by atoms with E-state index in [9.17, 15) is 9.59 Å². The van der Waals surface area contributed by atoms with Crippen LogP contribution in [0, 0.1) is 11.3 Å². The number of amides is 2. The maximum atomic E-state index is 12.9. The van der Waals surface area contributed by atoms with Crippen molar-refractivity contribution in [1.82, 2.24) is 20.4 Å². The minimum absolute atomic E-state index is 0.0496. The van der Waals surface area contributed by atoms with Crippen molar-refractivity contribution in [3.05, 3.63) is 17.5 Å². The minimum atomic E-state index is -0.0753. The van der Waals surface area contributed by atoms with Gasteiger partial charge in [-0.3, -0.25) is 14.7 Å². The van der Waals surface area contributed by atoms with Crippen molar-refractivity contribution >= 4 is 11.8 Å². The first kappa shape index (κ1) is 16.6. The van der Waals surface area contributed by atoms with Crippen LogP contribution >= 0.6 is 0 Å². The Morgan fingerprint density at radius 3 is 2.88 bits per heavy atom. The number of aryl methyl sites for hydroxylation is 1. The van der Waals surface area contributed by atoms with Crippen LogP contribution in [0.1, 0.15) is 63.1 Å². The zero-order chi connectivity index (χ0) is 17.6. The van der Waals surface area contributed by atoms with Crippen LogP contribution in [0.4, 0.5) is 0 Å². The number of H-pyrrole nitrogens is 1. The Hall–Kier alpha value is -1.85. The summed E-state index contributed by atoms with van der Waals surface area (Å²) in [4.78, 5) is 27.1. The predicted octanol–water partition coefficient (Wildman–Crippen LogP) is 1.98. The highest BCUT2D eigenvalue weighted by Crippen LogP contribution is 2.46. The number of rotatable bonds is 3. The molecule has 136 valence electrons. The van der Waals surface area contributed by atoms with Crippen LogP contribution in [0.2, 0.25) is 0 Å². The molecule has 0 bridgehead atoms. The third-order valence-corrected chi connectivity index (χ3v) is 6.40. The Kier molecular flexibility index (Phi) is 4.08. The summed E-state index contributed by atoms with van der Waals surface area (Å²) in [7, 11) is 0. The van der Waals surface area contributed by atoms with Crippen LogP contribution in [0.3, 0.4) is 0 Å². The number of carbonyl (C=O) groups excluding carboxylic acids is 2. The number of likely N-dealkylation sites (tertiary alicyclic amines) is 1. The number of fused-ring (bicyclic) bond motifs is 1. The van der Waals surface area contributed by atoms with E-state index in [1.54, 1.807) is 0 Å². The lowest BCUT2D eigenvalue weighted by Crippen LogP contribution is -2.65. The van der Waals surface area contributed by atoms with Crippen molar-refractivity contribution in [3.63, 3.8) is 0 Å². The quantitative estimate of drug-likeness (QED) is 0.880. The van der Waals surface area contributed by atoms with Crippen LogP contribution < -0.4 is 5.32 Å². The first-order chi connectivity index (χ1) is 12.0. The van der Waals surface area contributed by atoms with Crippen LogP contribution in [0.5, 0.6) is 0 Å². The molecule has 1 aromatic heterocycles. The van der Waals surface area contributed by atoms with Crippen LogP contribution in [0.25, 0.3) is 0 Å². The van der Waals surface area contributed by atoms with Gasteiger partial charge in [0.2, 0.25) is 11.8 Å². The molecule has 1 aliphatic heterocycles. The summed E-state index contributed by atoms with van der Waals surface area (Å²) in [6, 6.07) is 0.202. The lowest BCUT2D eigenvalue weighted by molar-refractivity contribution is -0.148. The monoisotopic (exact) mass is 344 g/mol. The van der Waals surface area contributed by atoms with Crippen molar-refractivity contribution in [2.75, 3.05) is 13.1 Å². The zero-order valence-corrected chi connectivity index (χ0v) is 15.2. The third-order valence-electron chi connectivity index (χ3n) is 6.40. The molecule has 1 saturated carbocycles. The normalized spacial score (nSPS) is 27.2. The largest absolute Gasteiger partial charge is 0.352 e. The molecular formula is C19H28N4O2. The summed E-state index contributed by atoms with van der Waals surface area (Å²) in [5.41, 5.74) is 2.29. The zero-order valence-electron chi connectivity index (χ0n) is 15.2. The summed E-state index contributed by atoms with van der Waals surface area (Å²) < 4.78 is 0. The van der Waals surface area contributed by atoms with Gasteiger partial charge in [0, 0.05) is 41.7 Å². The first-order valence-corrected chi connectivity index (χ1v) is 9.61. The van der Waals surface area contributed by atoms with Crippen molar-refractivity contribution in [2.24, 2.45) is 11.3 Å². The van der Waals surface area contributed by atoms with Crippen molar-refractivity contribution in [2.45, 2.75) is 64.3 Å². The Labute approximate surface area is 148 Å². The molecule has 4 rings (SSSR count). The van der Waals surface area contributed by atoms with Crippen molar-refractivity contribution in [3.8, 4) is 0 Å². The Balaban J connectivity index is 1.42. The van der Waals surface area contributed by atoms with Crippen LogP contribution in [-0.2, 0) is 16.0 Å². The molecule has 2 atom stereocenters. The fourth-order valence-corrected chi connectivity index (χ4v) is 4.98. The molecule has 2 fully saturated rings. The Bertz CT molecular complexity index is 675. The summed E-state index contributed by atoms with van der Waals surface area (Å²) in [5.74, 6) is 0.349. The molecule has 2 unspecified atom stereocenters. The van der Waals surface area contributed by atoms with Gasteiger partial charge < -0.3 is 10.2 Å². The molecule has 2 aliphatic carbocycles. The van der Waals surface area contributed by atoms with Crippen molar-refractivity contribution in [1.29, 1.82) is 0 Å². The van der Waals surface area contributed by atoms with Gasteiger partial charge in [-0.1, -0.05) is 20.3 Å². The maximum Gasteiger partial charge on any atom is 0.227 e. The molecule has 6 heteroatoms. The van der Waals surface area contributed by atoms with E-state index in [1.807, 2.05) is 24.9 Å². The van der Waals surface area contributed by atoms with E-state index in [1.165, 1.54) is 0 Å². The molecule has 1 saturated heterocycles. The smallest absolute Gasteiger partial charge is 0.227 e. The topological polar surface area (TPSA) is 78.1 Å². The fourth-order valence-electron chi connectivity index (χ4n) is 4.98. The van der Waals surface area contributed by atoms with E-state index in [0.29, 0.717) is 0 Å². The van der Waals surface area contributed by atoms with Gasteiger partial charge in [-0.15, -0.1) is 0 Å². The number of nitrogens with one attached hydrogen (secondary N) is 2.